The third-order valence-electron chi connectivity index (χ3n) is 2.43. The van der Waals surface area contributed by atoms with Gasteiger partial charge in [-0.1, -0.05) is 26.0 Å². The summed E-state index contributed by atoms with van der Waals surface area (Å²) in [5.41, 5.74) is 6.30. The number of fused-ring (bicyclic) bond motifs is 1. The lowest BCUT2D eigenvalue weighted by molar-refractivity contribution is -0.134. The van der Waals surface area contributed by atoms with E-state index in [4.69, 9.17) is 9.90 Å². The van der Waals surface area contributed by atoms with Gasteiger partial charge < -0.3 is 5.11 Å². The first-order chi connectivity index (χ1) is 6.61. The summed E-state index contributed by atoms with van der Waals surface area (Å²) >= 11 is 0. The highest BCUT2D eigenvalue weighted by molar-refractivity contribution is 5.86. The lowest BCUT2D eigenvalue weighted by Crippen LogP contribution is -2.07. The van der Waals surface area contributed by atoms with Crippen molar-refractivity contribution in [3.05, 3.63) is 23.3 Å². The van der Waals surface area contributed by atoms with Gasteiger partial charge in [-0.2, -0.15) is 0 Å². The first-order valence-corrected chi connectivity index (χ1v) is 4.96. The molecule has 2 heteroatoms. The Morgan fingerprint density at radius 1 is 1.14 bits per heavy atom. The Morgan fingerprint density at radius 3 is 1.57 bits per heavy atom. The molecule has 76 valence electrons. The van der Waals surface area contributed by atoms with Gasteiger partial charge in [0.1, 0.15) is 0 Å². The molecule has 0 spiro atoms. The van der Waals surface area contributed by atoms with Crippen LogP contribution in [-0.2, 0) is 17.6 Å². The van der Waals surface area contributed by atoms with Crippen LogP contribution in [0.25, 0.3) is 11.1 Å². The number of carboxylic acid groups (broad SMARTS) is 1. The van der Waals surface area contributed by atoms with Gasteiger partial charge in [0.2, 0.25) is 0 Å². The lowest BCUT2D eigenvalue weighted by atomic mass is 9.77. The second-order valence-corrected chi connectivity index (χ2v) is 3.34. The van der Waals surface area contributed by atoms with Crippen LogP contribution in [0.4, 0.5) is 0 Å². The van der Waals surface area contributed by atoms with Crippen LogP contribution >= 0.6 is 0 Å². The van der Waals surface area contributed by atoms with Crippen molar-refractivity contribution in [1.82, 2.24) is 0 Å². The number of aliphatic carboxylic acids is 1. The largest absolute Gasteiger partial charge is 0.481 e. The Labute approximate surface area is 84.6 Å². The molecule has 0 aromatic carbocycles. The number of benzene rings is 1. The van der Waals surface area contributed by atoms with E-state index in [-0.39, 0.29) is 0 Å². The molecule has 2 rings (SSSR count). The summed E-state index contributed by atoms with van der Waals surface area (Å²) in [7, 11) is 0. The van der Waals surface area contributed by atoms with Crippen LogP contribution in [0.1, 0.15) is 31.9 Å². The highest BCUT2D eigenvalue weighted by atomic mass is 16.4. The predicted octanol–water partition coefficient (Wildman–Crippen LogP) is 2.88. The Bertz CT molecular complexity index is 321. The number of rotatable bonds is 2. The third kappa shape index (κ3) is 1.79. The maximum Gasteiger partial charge on any atom is 0.300 e. The maximum absolute atomic E-state index is 9.00. The van der Waals surface area contributed by atoms with Crippen LogP contribution in [0, 0.1) is 0 Å². The van der Waals surface area contributed by atoms with Gasteiger partial charge in [-0.05, 0) is 35.1 Å². The zero-order valence-electron chi connectivity index (χ0n) is 8.92. The maximum atomic E-state index is 9.00. The molecule has 0 amide bonds. The molecule has 0 radical (unpaired) electrons. The van der Waals surface area contributed by atoms with E-state index in [0.717, 1.165) is 6.92 Å². The summed E-state index contributed by atoms with van der Waals surface area (Å²) in [6.45, 7) is 5.56. The molecule has 2 aliphatic carbocycles. The molecule has 0 atom stereocenters. The van der Waals surface area contributed by atoms with Crippen LogP contribution in [0.3, 0.4) is 0 Å². The van der Waals surface area contributed by atoms with Crippen molar-refractivity contribution >= 4 is 5.97 Å². The molecule has 1 N–H and O–H groups in total. The molecule has 2 aliphatic rings. The summed E-state index contributed by atoms with van der Waals surface area (Å²) in [4.78, 5) is 9.00. The second-order valence-electron chi connectivity index (χ2n) is 3.34. The summed E-state index contributed by atoms with van der Waals surface area (Å²) < 4.78 is 0. The Morgan fingerprint density at radius 2 is 1.43 bits per heavy atom. The molecule has 0 bridgehead atoms. The predicted molar refractivity (Wildman–Crippen MR) is 57.5 cm³/mol. The lowest BCUT2D eigenvalue weighted by Gasteiger charge is -2.27. The second kappa shape index (κ2) is 4.27. The Kier molecular flexibility index (Phi) is 3.28. The molecule has 0 fully saturated rings. The molecule has 0 saturated heterocycles. The molecular weight excluding hydrogens is 176 g/mol. The number of hydrogen-bond acceptors (Lipinski definition) is 1. The van der Waals surface area contributed by atoms with Crippen molar-refractivity contribution in [1.29, 1.82) is 0 Å². The standard InChI is InChI=1S/C10H12.C2H4O2/c1-3-7-8(4-2)10-6-5-9(7)10;1-2(3)4/h5-6H,3-4H2,1-2H3;1H3,(H,3,4). The molecule has 0 heterocycles. The van der Waals surface area contributed by atoms with Gasteiger partial charge in [-0.25, -0.2) is 0 Å². The Balaban J connectivity index is 0.000000213. The molecule has 0 unspecified atom stereocenters. The van der Waals surface area contributed by atoms with Gasteiger partial charge in [0.25, 0.3) is 5.97 Å². The number of carbonyl (C=O) groups is 1. The molecule has 0 aromatic rings. The normalized spacial score (nSPS) is 10.2. The Hall–Kier alpha value is -1.31. The first kappa shape index (κ1) is 10.8. The van der Waals surface area contributed by atoms with Crippen LogP contribution in [-0.4, -0.2) is 11.1 Å². The molecule has 14 heavy (non-hydrogen) atoms. The van der Waals surface area contributed by atoms with Crippen LogP contribution in [0.2, 0.25) is 0 Å². The van der Waals surface area contributed by atoms with Crippen LogP contribution < -0.4 is 0 Å². The first-order valence-electron chi connectivity index (χ1n) is 4.96. The number of carboxylic acids is 1. The van der Waals surface area contributed by atoms with E-state index in [1.807, 2.05) is 0 Å². The van der Waals surface area contributed by atoms with E-state index in [2.05, 4.69) is 26.0 Å². The molecular formula is C12H16O2. The number of hydrogen-bond donors (Lipinski definition) is 1. The molecule has 2 nitrogen and oxygen atoms in total. The fraction of sp³-hybridized carbons (Fsp3) is 0.417. The van der Waals surface area contributed by atoms with Gasteiger partial charge in [0, 0.05) is 6.92 Å². The van der Waals surface area contributed by atoms with Crippen molar-refractivity contribution in [3.63, 3.8) is 0 Å². The summed E-state index contributed by atoms with van der Waals surface area (Å²) in [6.07, 6.45) is 2.43. The minimum atomic E-state index is -0.833. The average Bonchev–Trinajstić information content (AvgIpc) is 2.06. The van der Waals surface area contributed by atoms with Gasteiger partial charge in [-0.3, -0.25) is 4.79 Å². The van der Waals surface area contributed by atoms with E-state index in [9.17, 15) is 0 Å². The summed E-state index contributed by atoms with van der Waals surface area (Å²) in [5, 5.41) is 7.42. The van der Waals surface area contributed by atoms with Gasteiger partial charge in [0.05, 0.1) is 0 Å². The fourth-order valence-corrected chi connectivity index (χ4v) is 1.85. The van der Waals surface area contributed by atoms with E-state index in [0.29, 0.717) is 0 Å². The SMILES string of the molecule is CC(=O)O.CCc1c2ccc-2c1CC. The minimum Gasteiger partial charge on any atom is -0.481 e. The highest BCUT2D eigenvalue weighted by Gasteiger charge is 2.21. The average molecular weight is 192 g/mol. The van der Waals surface area contributed by atoms with Crippen LogP contribution in [0.5, 0.6) is 0 Å². The van der Waals surface area contributed by atoms with Crippen molar-refractivity contribution in [2.24, 2.45) is 0 Å². The van der Waals surface area contributed by atoms with Crippen molar-refractivity contribution in [2.45, 2.75) is 33.6 Å². The van der Waals surface area contributed by atoms with Crippen molar-refractivity contribution in [2.75, 3.05) is 0 Å². The zero-order valence-corrected chi connectivity index (χ0v) is 8.92. The molecule has 0 aliphatic heterocycles. The summed E-state index contributed by atoms with van der Waals surface area (Å²) in [6, 6.07) is 4.46. The fourth-order valence-electron chi connectivity index (χ4n) is 1.85. The van der Waals surface area contributed by atoms with Gasteiger partial charge in [-0.15, -0.1) is 0 Å². The van der Waals surface area contributed by atoms with Gasteiger partial charge >= 0.3 is 0 Å². The smallest absolute Gasteiger partial charge is 0.300 e. The monoisotopic (exact) mass is 192 g/mol. The summed E-state index contributed by atoms with van der Waals surface area (Å²) in [5.74, 6) is -0.833. The van der Waals surface area contributed by atoms with E-state index in [1.54, 1.807) is 22.3 Å². The van der Waals surface area contributed by atoms with E-state index in [1.165, 1.54) is 12.8 Å². The van der Waals surface area contributed by atoms with Gasteiger partial charge in [0.15, 0.2) is 0 Å². The quantitative estimate of drug-likeness (QED) is 0.794. The highest BCUT2D eigenvalue weighted by Crippen LogP contribution is 2.42. The van der Waals surface area contributed by atoms with Crippen molar-refractivity contribution in [3.8, 4) is 11.1 Å². The molecule has 0 aromatic heterocycles. The minimum absolute atomic E-state index is 0.833. The zero-order chi connectivity index (χ0) is 10.7. The van der Waals surface area contributed by atoms with E-state index >= 15 is 0 Å². The van der Waals surface area contributed by atoms with Crippen LogP contribution in [0.15, 0.2) is 12.1 Å². The molecule has 0 saturated carbocycles. The topological polar surface area (TPSA) is 37.3 Å². The third-order valence-corrected chi connectivity index (χ3v) is 2.43. The van der Waals surface area contributed by atoms with E-state index < -0.39 is 5.97 Å². The van der Waals surface area contributed by atoms with Crippen molar-refractivity contribution < 1.29 is 9.90 Å².